The van der Waals surface area contributed by atoms with E-state index in [0.29, 0.717) is 28.1 Å². The van der Waals surface area contributed by atoms with E-state index in [9.17, 15) is 14.7 Å². The SMILES string of the molecule is CCSc1nc2n(n1)C(c1ccc(C(=O)O)cc1)C(C(=O)Nc1cccc(C)c1)=C(C)N2. The minimum absolute atomic E-state index is 0.176. The number of carbonyl (C=O) groups excluding carboxylic acids is 1. The molecule has 1 unspecified atom stereocenters. The molecule has 0 radical (unpaired) electrons. The fourth-order valence-corrected chi connectivity index (χ4v) is 4.21. The highest BCUT2D eigenvalue weighted by atomic mass is 32.2. The Labute approximate surface area is 189 Å². The van der Waals surface area contributed by atoms with Crippen LogP contribution in [0.5, 0.6) is 0 Å². The molecule has 3 N–H and O–H groups in total. The molecule has 8 nitrogen and oxygen atoms in total. The normalized spacial score (nSPS) is 15.2. The average molecular weight is 450 g/mol. The van der Waals surface area contributed by atoms with Crippen molar-refractivity contribution < 1.29 is 14.7 Å². The fraction of sp³-hybridized carbons (Fsp3) is 0.217. The van der Waals surface area contributed by atoms with E-state index in [4.69, 9.17) is 0 Å². The standard InChI is InChI=1S/C23H23N5O3S/c1-4-32-23-26-22-24-14(3)18(20(29)25-17-7-5-6-13(2)12-17)19(28(22)27-23)15-8-10-16(11-9-15)21(30)31/h5-12,19H,4H2,1-3H3,(H,25,29)(H,30,31)(H,24,26,27). The highest BCUT2D eigenvalue weighted by Gasteiger charge is 2.34. The van der Waals surface area contributed by atoms with E-state index >= 15 is 0 Å². The number of carbonyl (C=O) groups is 2. The molecular formula is C23H23N5O3S. The number of thioether (sulfide) groups is 1. The van der Waals surface area contributed by atoms with Gasteiger partial charge in [-0.1, -0.05) is 43.0 Å². The summed E-state index contributed by atoms with van der Waals surface area (Å²) >= 11 is 1.51. The summed E-state index contributed by atoms with van der Waals surface area (Å²) in [5.41, 5.74) is 3.80. The summed E-state index contributed by atoms with van der Waals surface area (Å²) in [7, 11) is 0. The third-order valence-electron chi connectivity index (χ3n) is 5.10. The number of benzene rings is 2. The van der Waals surface area contributed by atoms with Crippen molar-refractivity contribution in [1.29, 1.82) is 0 Å². The number of carboxylic acids is 1. The second-order valence-electron chi connectivity index (χ2n) is 7.41. The molecule has 2 aromatic carbocycles. The number of hydrogen-bond donors (Lipinski definition) is 3. The third-order valence-corrected chi connectivity index (χ3v) is 5.82. The Morgan fingerprint density at radius 1 is 1.19 bits per heavy atom. The van der Waals surface area contributed by atoms with Crippen molar-refractivity contribution in [3.63, 3.8) is 0 Å². The molecule has 2 heterocycles. The van der Waals surface area contributed by atoms with Gasteiger partial charge in [0.05, 0.1) is 11.1 Å². The van der Waals surface area contributed by atoms with E-state index < -0.39 is 12.0 Å². The lowest BCUT2D eigenvalue weighted by Gasteiger charge is -2.28. The molecule has 0 fully saturated rings. The molecule has 0 bridgehead atoms. The summed E-state index contributed by atoms with van der Waals surface area (Å²) in [5, 5.41) is 20.7. The van der Waals surface area contributed by atoms with Crippen molar-refractivity contribution in [3.05, 3.63) is 76.5 Å². The predicted molar refractivity (Wildman–Crippen MR) is 124 cm³/mol. The minimum Gasteiger partial charge on any atom is -0.478 e. The van der Waals surface area contributed by atoms with Crippen LogP contribution < -0.4 is 10.6 Å². The minimum atomic E-state index is -1.01. The summed E-state index contributed by atoms with van der Waals surface area (Å²) in [6.45, 7) is 5.81. The van der Waals surface area contributed by atoms with E-state index in [1.807, 2.05) is 45.0 Å². The lowest BCUT2D eigenvalue weighted by Crippen LogP contribution is -2.31. The molecule has 1 aliphatic rings. The number of nitrogens with zero attached hydrogens (tertiary/aromatic N) is 3. The molecule has 32 heavy (non-hydrogen) atoms. The Balaban J connectivity index is 1.78. The van der Waals surface area contributed by atoms with Crippen LogP contribution in [0.25, 0.3) is 0 Å². The molecule has 4 rings (SSSR count). The number of rotatable bonds is 6. The zero-order valence-corrected chi connectivity index (χ0v) is 18.7. The zero-order chi connectivity index (χ0) is 22.8. The monoisotopic (exact) mass is 449 g/mol. The Bertz CT molecular complexity index is 1220. The van der Waals surface area contributed by atoms with E-state index in [2.05, 4.69) is 20.7 Å². The van der Waals surface area contributed by atoms with Crippen LogP contribution in [-0.2, 0) is 4.79 Å². The van der Waals surface area contributed by atoms with Crippen molar-refractivity contribution in [2.45, 2.75) is 32.0 Å². The summed E-state index contributed by atoms with van der Waals surface area (Å²) in [6, 6.07) is 13.5. The van der Waals surface area contributed by atoms with Crippen LogP contribution >= 0.6 is 11.8 Å². The van der Waals surface area contributed by atoms with Crippen LogP contribution in [0.3, 0.4) is 0 Å². The molecule has 1 aliphatic heterocycles. The lowest BCUT2D eigenvalue weighted by molar-refractivity contribution is -0.113. The topological polar surface area (TPSA) is 109 Å². The van der Waals surface area contributed by atoms with Crippen LogP contribution in [0.1, 0.15) is 41.4 Å². The highest BCUT2D eigenvalue weighted by Crippen LogP contribution is 2.36. The van der Waals surface area contributed by atoms with Gasteiger partial charge in [0.15, 0.2) is 0 Å². The van der Waals surface area contributed by atoms with Crippen LogP contribution in [0.2, 0.25) is 0 Å². The van der Waals surface area contributed by atoms with Crippen molar-refractivity contribution in [3.8, 4) is 0 Å². The summed E-state index contributed by atoms with van der Waals surface area (Å²) in [6.07, 6.45) is 0. The molecule has 9 heteroatoms. The number of aromatic nitrogens is 3. The van der Waals surface area contributed by atoms with Gasteiger partial charge in [0.25, 0.3) is 5.91 Å². The van der Waals surface area contributed by atoms with Gasteiger partial charge in [-0.2, -0.15) is 4.98 Å². The van der Waals surface area contributed by atoms with Gasteiger partial charge in [-0.15, -0.1) is 5.10 Å². The van der Waals surface area contributed by atoms with Gasteiger partial charge in [0.2, 0.25) is 11.1 Å². The van der Waals surface area contributed by atoms with Crippen molar-refractivity contribution in [2.24, 2.45) is 0 Å². The van der Waals surface area contributed by atoms with Gasteiger partial charge in [-0.25, -0.2) is 9.48 Å². The third kappa shape index (κ3) is 4.24. The van der Waals surface area contributed by atoms with Gasteiger partial charge in [0.1, 0.15) is 6.04 Å². The van der Waals surface area contributed by atoms with Crippen LogP contribution in [0, 0.1) is 6.92 Å². The van der Waals surface area contributed by atoms with E-state index in [-0.39, 0.29) is 11.5 Å². The second-order valence-corrected chi connectivity index (χ2v) is 8.64. The first kappa shape index (κ1) is 21.6. The van der Waals surface area contributed by atoms with Gasteiger partial charge < -0.3 is 15.7 Å². The number of amides is 1. The molecule has 3 aromatic rings. The molecular weight excluding hydrogens is 426 g/mol. The molecule has 1 amide bonds. The van der Waals surface area contributed by atoms with Crippen molar-refractivity contribution in [2.75, 3.05) is 16.4 Å². The van der Waals surface area contributed by atoms with Gasteiger partial charge in [-0.05, 0) is 55.0 Å². The van der Waals surface area contributed by atoms with Gasteiger partial charge in [-0.3, -0.25) is 4.79 Å². The highest BCUT2D eigenvalue weighted by molar-refractivity contribution is 7.99. The maximum absolute atomic E-state index is 13.4. The molecule has 0 saturated heterocycles. The smallest absolute Gasteiger partial charge is 0.335 e. The molecule has 0 aliphatic carbocycles. The first-order valence-electron chi connectivity index (χ1n) is 10.2. The van der Waals surface area contributed by atoms with E-state index in [1.165, 1.54) is 23.9 Å². The second kappa shape index (κ2) is 8.88. The number of hydrogen-bond acceptors (Lipinski definition) is 6. The Kier molecular flexibility index (Phi) is 6.00. The summed E-state index contributed by atoms with van der Waals surface area (Å²) < 4.78 is 1.69. The molecule has 164 valence electrons. The van der Waals surface area contributed by atoms with E-state index in [1.54, 1.807) is 16.8 Å². The fourth-order valence-electron chi connectivity index (χ4n) is 3.65. The van der Waals surface area contributed by atoms with E-state index in [0.717, 1.165) is 16.9 Å². The predicted octanol–water partition coefficient (Wildman–Crippen LogP) is 4.32. The summed E-state index contributed by atoms with van der Waals surface area (Å²) in [4.78, 5) is 29.3. The average Bonchev–Trinajstić information content (AvgIpc) is 3.15. The van der Waals surface area contributed by atoms with Gasteiger partial charge in [0, 0.05) is 11.4 Å². The van der Waals surface area contributed by atoms with Crippen LogP contribution in [0.15, 0.2) is 65.0 Å². The number of nitrogens with one attached hydrogen (secondary N) is 2. The molecule has 0 saturated carbocycles. The number of carboxylic acid groups (broad SMARTS) is 1. The van der Waals surface area contributed by atoms with Crippen LogP contribution in [0.4, 0.5) is 11.6 Å². The maximum atomic E-state index is 13.4. The first-order valence-corrected chi connectivity index (χ1v) is 11.1. The first-order chi connectivity index (χ1) is 15.4. The lowest BCUT2D eigenvalue weighted by atomic mass is 9.94. The Hall–Kier alpha value is -3.59. The zero-order valence-electron chi connectivity index (χ0n) is 17.9. The summed E-state index contributed by atoms with van der Waals surface area (Å²) in [5.74, 6) is 0.0832. The van der Waals surface area contributed by atoms with Crippen molar-refractivity contribution in [1.82, 2.24) is 14.8 Å². The van der Waals surface area contributed by atoms with Gasteiger partial charge >= 0.3 is 5.97 Å². The number of aromatic carboxylic acids is 1. The maximum Gasteiger partial charge on any atom is 0.335 e. The number of aryl methyl sites for hydroxylation is 1. The van der Waals surface area contributed by atoms with Crippen LogP contribution in [-0.4, -0.2) is 37.5 Å². The number of allylic oxidation sites excluding steroid dienone is 1. The quantitative estimate of drug-likeness (QED) is 0.481. The molecule has 1 atom stereocenters. The number of fused-ring (bicyclic) bond motifs is 1. The number of anilines is 2. The Morgan fingerprint density at radius 2 is 1.94 bits per heavy atom. The van der Waals surface area contributed by atoms with Crippen molar-refractivity contribution >= 4 is 35.3 Å². The Morgan fingerprint density at radius 3 is 2.59 bits per heavy atom. The molecule has 0 spiro atoms. The molecule has 1 aromatic heterocycles. The largest absolute Gasteiger partial charge is 0.478 e.